The summed E-state index contributed by atoms with van der Waals surface area (Å²) in [6, 6.07) is 1.98. The van der Waals surface area contributed by atoms with Gasteiger partial charge in [-0.1, -0.05) is 0 Å². The molecule has 0 spiro atoms. The highest BCUT2D eigenvalue weighted by atomic mass is 35.5. The molecule has 0 aliphatic heterocycles. The summed E-state index contributed by atoms with van der Waals surface area (Å²) in [7, 11) is 0. The summed E-state index contributed by atoms with van der Waals surface area (Å²) < 4.78 is 5.24. The minimum Gasteiger partial charge on any atom is -0.444 e. The minimum absolute atomic E-state index is 0.171. The van der Waals surface area contributed by atoms with Gasteiger partial charge in [-0.3, -0.25) is 10.1 Å². The summed E-state index contributed by atoms with van der Waals surface area (Å²) >= 11 is 5.58. The Morgan fingerprint density at radius 2 is 2.20 bits per heavy atom. The van der Waals surface area contributed by atoms with Crippen molar-refractivity contribution in [1.82, 2.24) is 0 Å². The summed E-state index contributed by atoms with van der Waals surface area (Å²) in [6.45, 7) is 5.04. The third kappa shape index (κ3) is 2.31. The van der Waals surface area contributed by atoms with E-state index in [9.17, 15) is 4.79 Å². The number of aryl methyl sites for hydroxylation is 1. The van der Waals surface area contributed by atoms with Crippen LogP contribution in [0.5, 0.6) is 0 Å². The highest BCUT2D eigenvalue weighted by Crippen LogP contribution is 2.25. The second-order valence-electron chi connectivity index (χ2n) is 3.20. The monoisotopic (exact) mass is 226 g/mol. The van der Waals surface area contributed by atoms with E-state index in [2.05, 4.69) is 5.32 Å². The number of anilines is 1. The molecular weight excluding hydrogens is 216 g/mol. The number of carbonyl (C=O) groups excluding carboxylic acids is 1. The number of amides is 1. The van der Waals surface area contributed by atoms with E-state index in [0.29, 0.717) is 11.3 Å². The standard InChI is InChI=1S/C10H11ClN2O2/c1-5-7(3)15-10(8(5)4-12)13-9(14)6(2)11/h6H,1-3H3,(H,13,14). The lowest BCUT2D eigenvalue weighted by molar-refractivity contribution is -0.115. The molecule has 1 aromatic heterocycles. The van der Waals surface area contributed by atoms with E-state index < -0.39 is 5.38 Å². The third-order valence-electron chi connectivity index (χ3n) is 2.10. The van der Waals surface area contributed by atoms with Crippen LogP contribution in [-0.4, -0.2) is 11.3 Å². The Balaban J connectivity index is 3.02. The molecule has 0 bridgehead atoms. The first-order chi connectivity index (χ1) is 6.97. The van der Waals surface area contributed by atoms with E-state index in [1.807, 2.05) is 6.07 Å². The van der Waals surface area contributed by atoms with Crippen LogP contribution in [0.2, 0.25) is 0 Å². The van der Waals surface area contributed by atoms with Crippen LogP contribution in [0.1, 0.15) is 23.8 Å². The summed E-state index contributed by atoms with van der Waals surface area (Å²) in [4.78, 5) is 11.3. The molecule has 5 heteroatoms. The van der Waals surface area contributed by atoms with Gasteiger partial charge < -0.3 is 4.42 Å². The maximum absolute atomic E-state index is 11.3. The first kappa shape index (κ1) is 11.6. The summed E-state index contributed by atoms with van der Waals surface area (Å²) in [5.41, 5.74) is 1.08. The molecule has 0 saturated carbocycles. The van der Waals surface area contributed by atoms with Crippen LogP contribution in [0.25, 0.3) is 0 Å². The molecule has 80 valence electrons. The lowest BCUT2D eigenvalue weighted by Crippen LogP contribution is -2.20. The Morgan fingerprint density at radius 3 is 2.67 bits per heavy atom. The van der Waals surface area contributed by atoms with Crippen molar-refractivity contribution in [1.29, 1.82) is 5.26 Å². The van der Waals surface area contributed by atoms with Gasteiger partial charge in [0.15, 0.2) is 0 Å². The molecule has 1 heterocycles. The summed E-state index contributed by atoms with van der Waals surface area (Å²) in [5, 5.41) is 10.7. The fourth-order valence-electron chi connectivity index (χ4n) is 1.06. The molecule has 15 heavy (non-hydrogen) atoms. The molecule has 1 N–H and O–H groups in total. The molecule has 0 aromatic carbocycles. The average Bonchev–Trinajstić information content (AvgIpc) is 2.42. The lowest BCUT2D eigenvalue weighted by atomic mass is 10.2. The van der Waals surface area contributed by atoms with E-state index >= 15 is 0 Å². The van der Waals surface area contributed by atoms with Gasteiger partial charge in [-0.05, 0) is 20.8 Å². The van der Waals surface area contributed by atoms with Crippen molar-refractivity contribution in [3.05, 3.63) is 16.9 Å². The zero-order valence-corrected chi connectivity index (χ0v) is 9.47. The van der Waals surface area contributed by atoms with Crippen LogP contribution in [-0.2, 0) is 4.79 Å². The van der Waals surface area contributed by atoms with E-state index in [0.717, 1.165) is 5.56 Å². The van der Waals surface area contributed by atoms with Crippen LogP contribution >= 0.6 is 11.6 Å². The number of nitriles is 1. The number of nitrogens with zero attached hydrogens (tertiary/aromatic N) is 1. The number of hydrogen-bond donors (Lipinski definition) is 1. The number of hydrogen-bond acceptors (Lipinski definition) is 3. The van der Waals surface area contributed by atoms with Crippen molar-refractivity contribution >= 4 is 23.4 Å². The SMILES string of the molecule is Cc1oc(NC(=O)C(C)Cl)c(C#N)c1C. The van der Waals surface area contributed by atoms with Gasteiger partial charge in [-0.2, -0.15) is 5.26 Å². The van der Waals surface area contributed by atoms with Gasteiger partial charge in [-0.15, -0.1) is 11.6 Å². The first-order valence-corrected chi connectivity index (χ1v) is 4.86. The van der Waals surface area contributed by atoms with Gasteiger partial charge in [0.05, 0.1) is 0 Å². The van der Waals surface area contributed by atoms with Crippen LogP contribution in [0.15, 0.2) is 4.42 Å². The molecule has 1 unspecified atom stereocenters. The smallest absolute Gasteiger partial charge is 0.244 e. The summed E-state index contributed by atoms with van der Waals surface area (Å²) in [5.74, 6) is 0.399. The van der Waals surface area contributed by atoms with Crippen molar-refractivity contribution < 1.29 is 9.21 Å². The number of carbonyl (C=O) groups is 1. The number of halogens is 1. The summed E-state index contributed by atoms with van der Waals surface area (Å²) in [6.07, 6.45) is 0. The van der Waals surface area contributed by atoms with E-state index in [1.54, 1.807) is 20.8 Å². The molecule has 4 nitrogen and oxygen atoms in total. The second-order valence-corrected chi connectivity index (χ2v) is 3.86. The third-order valence-corrected chi connectivity index (χ3v) is 2.29. The predicted octanol–water partition coefficient (Wildman–Crippen LogP) is 2.33. The van der Waals surface area contributed by atoms with Gasteiger partial charge in [0.1, 0.15) is 22.8 Å². The van der Waals surface area contributed by atoms with Crippen molar-refractivity contribution in [2.45, 2.75) is 26.1 Å². The molecule has 1 aromatic rings. The fourth-order valence-corrected chi connectivity index (χ4v) is 1.12. The van der Waals surface area contributed by atoms with Crippen molar-refractivity contribution in [2.75, 3.05) is 5.32 Å². The van der Waals surface area contributed by atoms with Gasteiger partial charge in [0, 0.05) is 5.56 Å². The van der Waals surface area contributed by atoms with Crippen LogP contribution in [0, 0.1) is 25.2 Å². The van der Waals surface area contributed by atoms with E-state index in [-0.39, 0.29) is 11.8 Å². The maximum Gasteiger partial charge on any atom is 0.244 e. The Kier molecular flexibility index (Phi) is 3.38. The average molecular weight is 227 g/mol. The van der Waals surface area contributed by atoms with Crippen LogP contribution in [0.4, 0.5) is 5.88 Å². The van der Waals surface area contributed by atoms with E-state index in [4.69, 9.17) is 21.3 Å². The van der Waals surface area contributed by atoms with Crippen molar-refractivity contribution in [3.63, 3.8) is 0 Å². The highest BCUT2D eigenvalue weighted by Gasteiger charge is 2.18. The largest absolute Gasteiger partial charge is 0.444 e. The van der Waals surface area contributed by atoms with Crippen LogP contribution in [0.3, 0.4) is 0 Å². The first-order valence-electron chi connectivity index (χ1n) is 4.42. The Bertz CT molecular complexity index is 429. The molecule has 0 saturated heterocycles. The Morgan fingerprint density at radius 1 is 1.60 bits per heavy atom. The zero-order valence-electron chi connectivity index (χ0n) is 8.72. The van der Waals surface area contributed by atoms with Gasteiger partial charge in [0.2, 0.25) is 11.8 Å². The van der Waals surface area contributed by atoms with Crippen LogP contribution < -0.4 is 5.32 Å². The topological polar surface area (TPSA) is 66.0 Å². The molecule has 0 aliphatic rings. The van der Waals surface area contributed by atoms with Gasteiger partial charge in [-0.25, -0.2) is 0 Å². The number of nitrogens with one attached hydrogen (secondary N) is 1. The van der Waals surface area contributed by atoms with E-state index in [1.165, 1.54) is 0 Å². The zero-order chi connectivity index (χ0) is 11.6. The molecule has 1 atom stereocenters. The Labute approximate surface area is 92.8 Å². The van der Waals surface area contributed by atoms with Crippen molar-refractivity contribution in [2.24, 2.45) is 0 Å². The molecule has 1 rings (SSSR count). The molecule has 1 amide bonds. The number of furan rings is 1. The number of rotatable bonds is 2. The molecule has 0 aliphatic carbocycles. The fraction of sp³-hybridized carbons (Fsp3) is 0.400. The maximum atomic E-state index is 11.3. The molecule has 0 fully saturated rings. The highest BCUT2D eigenvalue weighted by molar-refractivity contribution is 6.32. The molecule has 0 radical (unpaired) electrons. The molecular formula is C10H11ClN2O2. The minimum atomic E-state index is -0.665. The van der Waals surface area contributed by atoms with Gasteiger partial charge >= 0.3 is 0 Å². The Hall–Kier alpha value is -1.47. The predicted molar refractivity (Wildman–Crippen MR) is 56.8 cm³/mol. The quantitative estimate of drug-likeness (QED) is 0.787. The van der Waals surface area contributed by atoms with Gasteiger partial charge in [0.25, 0.3) is 0 Å². The number of alkyl halides is 1. The normalized spacial score (nSPS) is 11.9. The second kappa shape index (κ2) is 4.37. The van der Waals surface area contributed by atoms with Crippen molar-refractivity contribution in [3.8, 4) is 6.07 Å². The lowest BCUT2D eigenvalue weighted by Gasteiger charge is -2.02.